The van der Waals surface area contributed by atoms with Crippen LogP contribution < -0.4 is 21.7 Å². The van der Waals surface area contributed by atoms with Crippen LogP contribution in [0.5, 0.6) is 0 Å². The van der Waals surface area contributed by atoms with Gasteiger partial charge in [0.05, 0.1) is 0 Å². The Kier molecular flexibility index (Phi) is 5.58. The summed E-state index contributed by atoms with van der Waals surface area (Å²) in [7, 11) is 0. The monoisotopic (exact) mass is 274 g/mol. The first-order valence-electron chi connectivity index (χ1n) is 7.01. The van der Waals surface area contributed by atoms with Crippen molar-refractivity contribution < 1.29 is 4.79 Å². The van der Waals surface area contributed by atoms with E-state index in [1.807, 2.05) is 18.2 Å². The average molecular weight is 274 g/mol. The molecule has 1 unspecified atom stereocenters. The lowest BCUT2D eigenvalue weighted by atomic mass is 10.2. The molecule has 1 atom stereocenters. The molecule has 1 aromatic rings. The summed E-state index contributed by atoms with van der Waals surface area (Å²) in [6.45, 7) is 2.76. The van der Waals surface area contributed by atoms with Crippen molar-refractivity contribution >= 4 is 17.3 Å². The van der Waals surface area contributed by atoms with Gasteiger partial charge in [-0.1, -0.05) is 12.1 Å². The molecule has 0 aromatic heterocycles. The molecule has 1 aliphatic rings. The first kappa shape index (κ1) is 14.6. The summed E-state index contributed by atoms with van der Waals surface area (Å²) in [5, 5.41) is 9.49. The highest BCUT2D eigenvalue weighted by molar-refractivity contribution is 5.99. The molecule has 2 rings (SSSR count). The molecule has 1 fully saturated rings. The SMILES string of the molecule is Nc1cccc(NC(=O)/C=C/CNCC2CCCN2)c1. The van der Waals surface area contributed by atoms with Crippen LogP contribution in [-0.4, -0.2) is 31.6 Å². The summed E-state index contributed by atoms with van der Waals surface area (Å²) in [6.07, 6.45) is 5.85. The summed E-state index contributed by atoms with van der Waals surface area (Å²) in [5.41, 5.74) is 7.00. The minimum Gasteiger partial charge on any atom is -0.399 e. The molecular formula is C15H22N4O. The first-order chi connectivity index (χ1) is 9.74. The molecule has 1 saturated heterocycles. The molecule has 20 heavy (non-hydrogen) atoms. The minimum atomic E-state index is -0.142. The van der Waals surface area contributed by atoms with Crippen LogP contribution in [0.3, 0.4) is 0 Å². The van der Waals surface area contributed by atoms with Crippen LogP contribution in [0.2, 0.25) is 0 Å². The maximum absolute atomic E-state index is 11.7. The van der Waals surface area contributed by atoms with E-state index in [0.29, 0.717) is 24.0 Å². The number of nitrogens with one attached hydrogen (secondary N) is 3. The van der Waals surface area contributed by atoms with Crippen molar-refractivity contribution in [1.29, 1.82) is 0 Å². The maximum Gasteiger partial charge on any atom is 0.248 e. The minimum absolute atomic E-state index is 0.142. The second-order valence-corrected chi connectivity index (χ2v) is 4.97. The fourth-order valence-corrected chi connectivity index (χ4v) is 2.24. The number of carbonyl (C=O) groups is 1. The van der Waals surface area contributed by atoms with Crippen LogP contribution in [0.1, 0.15) is 12.8 Å². The number of nitrogens with two attached hydrogens (primary N) is 1. The Labute approximate surface area is 119 Å². The van der Waals surface area contributed by atoms with E-state index in [9.17, 15) is 4.79 Å². The van der Waals surface area contributed by atoms with Crippen LogP contribution in [0.4, 0.5) is 11.4 Å². The van der Waals surface area contributed by atoms with Gasteiger partial charge >= 0.3 is 0 Å². The standard InChI is InChI=1S/C15H22N4O/c16-12-4-1-5-13(10-12)19-15(20)7-3-8-17-11-14-6-2-9-18-14/h1,3-5,7,10,14,17-18H,2,6,8-9,11,16H2,(H,19,20)/b7-3+. The Hall–Kier alpha value is -1.85. The molecule has 1 aliphatic heterocycles. The van der Waals surface area contributed by atoms with E-state index in [2.05, 4.69) is 16.0 Å². The van der Waals surface area contributed by atoms with Crippen molar-refractivity contribution in [2.75, 3.05) is 30.7 Å². The fourth-order valence-electron chi connectivity index (χ4n) is 2.24. The van der Waals surface area contributed by atoms with E-state index < -0.39 is 0 Å². The molecule has 1 aromatic carbocycles. The number of amides is 1. The Morgan fingerprint density at radius 2 is 2.40 bits per heavy atom. The molecule has 5 nitrogen and oxygen atoms in total. The summed E-state index contributed by atoms with van der Waals surface area (Å²) < 4.78 is 0. The van der Waals surface area contributed by atoms with Crippen LogP contribution in [0.15, 0.2) is 36.4 Å². The lowest BCUT2D eigenvalue weighted by Gasteiger charge is -2.09. The maximum atomic E-state index is 11.7. The third kappa shape index (κ3) is 5.03. The number of hydrogen-bond donors (Lipinski definition) is 4. The zero-order valence-electron chi connectivity index (χ0n) is 11.6. The second-order valence-electron chi connectivity index (χ2n) is 4.97. The number of nitrogen functional groups attached to an aromatic ring is 1. The largest absolute Gasteiger partial charge is 0.399 e. The van der Waals surface area contributed by atoms with Crippen molar-refractivity contribution in [2.45, 2.75) is 18.9 Å². The number of carbonyl (C=O) groups excluding carboxylic acids is 1. The molecule has 0 radical (unpaired) electrons. The van der Waals surface area contributed by atoms with Gasteiger partial charge in [0.2, 0.25) is 5.91 Å². The quantitative estimate of drug-likeness (QED) is 0.356. The Balaban J connectivity index is 1.64. The van der Waals surface area contributed by atoms with Gasteiger partial charge in [-0.25, -0.2) is 0 Å². The molecule has 1 heterocycles. The first-order valence-corrected chi connectivity index (χ1v) is 7.01. The average Bonchev–Trinajstić information content (AvgIpc) is 2.91. The number of anilines is 2. The van der Waals surface area contributed by atoms with Gasteiger partial charge < -0.3 is 21.7 Å². The van der Waals surface area contributed by atoms with Crippen LogP contribution in [0.25, 0.3) is 0 Å². The van der Waals surface area contributed by atoms with E-state index in [-0.39, 0.29) is 5.91 Å². The van der Waals surface area contributed by atoms with E-state index >= 15 is 0 Å². The lowest BCUT2D eigenvalue weighted by Crippen LogP contribution is -2.33. The molecule has 5 N–H and O–H groups in total. The zero-order valence-corrected chi connectivity index (χ0v) is 11.6. The third-order valence-corrected chi connectivity index (χ3v) is 3.24. The van der Waals surface area contributed by atoms with Gasteiger partial charge in [0.25, 0.3) is 0 Å². The molecular weight excluding hydrogens is 252 g/mol. The van der Waals surface area contributed by atoms with Crippen molar-refractivity contribution in [3.63, 3.8) is 0 Å². The van der Waals surface area contributed by atoms with E-state index in [0.717, 1.165) is 13.1 Å². The number of rotatable bonds is 6. The topological polar surface area (TPSA) is 79.2 Å². The van der Waals surface area contributed by atoms with E-state index in [1.165, 1.54) is 18.9 Å². The van der Waals surface area contributed by atoms with Crippen molar-refractivity contribution in [3.8, 4) is 0 Å². The highest BCUT2D eigenvalue weighted by Crippen LogP contribution is 2.11. The van der Waals surface area contributed by atoms with Crippen LogP contribution >= 0.6 is 0 Å². The fraction of sp³-hybridized carbons (Fsp3) is 0.400. The molecule has 0 bridgehead atoms. The van der Waals surface area contributed by atoms with Crippen molar-refractivity contribution in [1.82, 2.24) is 10.6 Å². The van der Waals surface area contributed by atoms with Gasteiger partial charge in [0.15, 0.2) is 0 Å². The Morgan fingerprint density at radius 1 is 1.50 bits per heavy atom. The molecule has 0 spiro atoms. The number of hydrogen-bond acceptors (Lipinski definition) is 4. The predicted octanol–water partition coefficient (Wildman–Crippen LogP) is 1.11. The van der Waals surface area contributed by atoms with Gasteiger partial charge in [-0.2, -0.15) is 0 Å². The lowest BCUT2D eigenvalue weighted by molar-refractivity contribution is -0.111. The van der Waals surface area contributed by atoms with Crippen molar-refractivity contribution in [3.05, 3.63) is 36.4 Å². The van der Waals surface area contributed by atoms with Gasteiger partial charge in [-0.3, -0.25) is 4.79 Å². The van der Waals surface area contributed by atoms with Crippen LogP contribution in [-0.2, 0) is 4.79 Å². The van der Waals surface area contributed by atoms with Crippen LogP contribution in [0, 0.1) is 0 Å². The molecule has 0 aliphatic carbocycles. The summed E-state index contributed by atoms with van der Waals surface area (Å²) in [5.74, 6) is -0.142. The van der Waals surface area contributed by atoms with Gasteiger partial charge in [-0.15, -0.1) is 0 Å². The third-order valence-electron chi connectivity index (χ3n) is 3.24. The van der Waals surface area contributed by atoms with Gasteiger partial charge in [0.1, 0.15) is 0 Å². The van der Waals surface area contributed by atoms with Gasteiger partial charge in [-0.05, 0) is 37.6 Å². The Bertz CT molecular complexity index is 467. The van der Waals surface area contributed by atoms with E-state index in [1.54, 1.807) is 12.1 Å². The Morgan fingerprint density at radius 3 is 3.15 bits per heavy atom. The van der Waals surface area contributed by atoms with E-state index in [4.69, 9.17) is 5.73 Å². The summed E-state index contributed by atoms with van der Waals surface area (Å²) >= 11 is 0. The highest BCUT2D eigenvalue weighted by Gasteiger charge is 2.12. The smallest absolute Gasteiger partial charge is 0.248 e. The normalized spacial score (nSPS) is 18.5. The highest BCUT2D eigenvalue weighted by atomic mass is 16.1. The predicted molar refractivity (Wildman–Crippen MR) is 82.5 cm³/mol. The van der Waals surface area contributed by atoms with Gasteiger partial charge in [0, 0.05) is 36.6 Å². The summed E-state index contributed by atoms with van der Waals surface area (Å²) in [4.78, 5) is 11.7. The molecule has 1 amide bonds. The zero-order chi connectivity index (χ0) is 14.2. The second kappa shape index (κ2) is 7.67. The van der Waals surface area contributed by atoms with Crippen molar-refractivity contribution in [2.24, 2.45) is 0 Å². The summed E-state index contributed by atoms with van der Waals surface area (Å²) in [6, 6.07) is 7.71. The molecule has 5 heteroatoms. The number of benzene rings is 1. The molecule has 108 valence electrons. The molecule has 0 saturated carbocycles.